The van der Waals surface area contributed by atoms with E-state index in [0.29, 0.717) is 0 Å². The van der Waals surface area contributed by atoms with Gasteiger partial charge in [-0.2, -0.15) is 11.3 Å². The molecule has 0 bridgehead atoms. The lowest BCUT2D eigenvalue weighted by Gasteiger charge is -2.20. The summed E-state index contributed by atoms with van der Waals surface area (Å²) in [4.78, 5) is 4.24. The Morgan fingerprint density at radius 3 is 2.85 bits per heavy atom. The van der Waals surface area contributed by atoms with Crippen molar-refractivity contribution in [3.8, 4) is 0 Å². The van der Waals surface area contributed by atoms with Gasteiger partial charge in [0.25, 0.3) is 0 Å². The van der Waals surface area contributed by atoms with Gasteiger partial charge in [-0.3, -0.25) is 0 Å². The van der Waals surface area contributed by atoms with Crippen molar-refractivity contribution in [2.75, 3.05) is 0 Å². The van der Waals surface area contributed by atoms with Crippen LogP contribution < -0.4 is 5.73 Å². The van der Waals surface area contributed by atoms with Gasteiger partial charge in [0.1, 0.15) is 5.01 Å². The molecule has 0 aliphatic carbocycles. The fraction of sp³-hybridized carbons (Fsp3) is 0.222. The van der Waals surface area contributed by atoms with Gasteiger partial charge in [-0.1, -0.05) is 0 Å². The lowest BCUT2D eigenvalue weighted by Crippen LogP contribution is -2.33. The molecular weight excluding hydrogens is 200 g/mol. The minimum absolute atomic E-state index is 0.436. The Kier molecular flexibility index (Phi) is 2.19. The standard InChI is InChI=1S/C9H10N2S2/c1-9(10,7-2-4-12-6-7)8-11-3-5-13-8/h2-6H,10H2,1H3. The summed E-state index contributed by atoms with van der Waals surface area (Å²) in [5.74, 6) is 0. The zero-order valence-electron chi connectivity index (χ0n) is 7.23. The first kappa shape index (κ1) is 8.87. The first-order chi connectivity index (χ1) is 6.21. The van der Waals surface area contributed by atoms with Gasteiger partial charge in [0.15, 0.2) is 0 Å². The zero-order chi connectivity index (χ0) is 9.31. The number of aromatic nitrogens is 1. The molecule has 0 radical (unpaired) electrons. The Balaban J connectivity index is 2.42. The molecule has 0 aromatic carbocycles. The molecule has 0 spiro atoms. The smallest absolute Gasteiger partial charge is 0.117 e. The third-order valence-electron chi connectivity index (χ3n) is 2.00. The molecule has 0 saturated heterocycles. The Morgan fingerprint density at radius 2 is 2.31 bits per heavy atom. The van der Waals surface area contributed by atoms with Crippen LogP contribution >= 0.6 is 22.7 Å². The maximum atomic E-state index is 6.20. The molecule has 1 atom stereocenters. The highest BCUT2D eigenvalue weighted by Gasteiger charge is 2.26. The summed E-state index contributed by atoms with van der Waals surface area (Å²) in [7, 11) is 0. The number of thiophene rings is 1. The first-order valence-electron chi connectivity index (χ1n) is 3.93. The van der Waals surface area contributed by atoms with E-state index in [4.69, 9.17) is 5.73 Å². The van der Waals surface area contributed by atoms with Crippen molar-refractivity contribution in [1.29, 1.82) is 0 Å². The normalized spacial score (nSPS) is 15.5. The largest absolute Gasteiger partial charge is 0.316 e. The van der Waals surface area contributed by atoms with Crippen LogP contribution in [0.25, 0.3) is 0 Å². The molecule has 2 aromatic rings. The van der Waals surface area contributed by atoms with E-state index in [0.717, 1.165) is 10.6 Å². The second-order valence-corrected chi connectivity index (χ2v) is 4.73. The minimum Gasteiger partial charge on any atom is -0.316 e. The minimum atomic E-state index is -0.436. The van der Waals surface area contributed by atoms with Crippen LogP contribution in [0.15, 0.2) is 28.4 Å². The average Bonchev–Trinajstić information content (AvgIpc) is 2.78. The highest BCUT2D eigenvalue weighted by molar-refractivity contribution is 7.09. The zero-order valence-corrected chi connectivity index (χ0v) is 8.86. The van der Waals surface area contributed by atoms with E-state index in [1.165, 1.54) is 0 Å². The SMILES string of the molecule is CC(N)(c1ccsc1)c1nccs1. The van der Waals surface area contributed by atoms with Gasteiger partial charge in [-0.25, -0.2) is 4.98 Å². The number of hydrogen-bond donors (Lipinski definition) is 1. The Morgan fingerprint density at radius 1 is 1.46 bits per heavy atom. The third-order valence-corrected chi connectivity index (χ3v) is 3.69. The van der Waals surface area contributed by atoms with E-state index in [1.54, 1.807) is 28.9 Å². The summed E-state index contributed by atoms with van der Waals surface area (Å²) in [6.45, 7) is 1.99. The van der Waals surface area contributed by atoms with Crippen LogP contribution in [0.4, 0.5) is 0 Å². The maximum absolute atomic E-state index is 6.20. The molecule has 1 unspecified atom stereocenters. The van der Waals surface area contributed by atoms with Gasteiger partial charge in [0.2, 0.25) is 0 Å². The van der Waals surface area contributed by atoms with Crippen LogP contribution in [-0.4, -0.2) is 4.98 Å². The summed E-state index contributed by atoms with van der Waals surface area (Å²) in [6.07, 6.45) is 1.79. The third kappa shape index (κ3) is 1.52. The fourth-order valence-electron chi connectivity index (χ4n) is 1.16. The van der Waals surface area contributed by atoms with Gasteiger partial charge in [-0.05, 0) is 29.3 Å². The second kappa shape index (κ2) is 3.21. The summed E-state index contributed by atoms with van der Waals surface area (Å²) in [5, 5.41) is 7.02. The molecule has 0 fully saturated rings. The van der Waals surface area contributed by atoms with Gasteiger partial charge in [0.05, 0.1) is 5.54 Å². The Bertz CT molecular complexity index is 326. The molecule has 0 saturated carbocycles. The number of rotatable bonds is 2. The fourth-order valence-corrected chi connectivity index (χ4v) is 2.67. The highest BCUT2D eigenvalue weighted by Crippen LogP contribution is 2.29. The van der Waals surface area contributed by atoms with Gasteiger partial charge >= 0.3 is 0 Å². The molecule has 2 N–H and O–H groups in total. The van der Waals surface area contributed by atoms with Crippen LogP contribution in [-0.2, 0) is 5.54 Å². The molecule has 4 heteroatoms. The molecule has 0 aliphatic rings. The Hall–Kier alpha value is -0.710. The lowest BCUT2D eigenvalue weighted by atomic mass is 9.97. The van der Waals surface area contributed by atoms with Crippen molar-refractivity contribution >= 4 is 22.7 Å². The summed E-state index contributed by atoms with van der Waals surface area (Å²) in [5.41, 5.74) is 6.90. The van der Waals surface area contributed by atoms with Crippen molar-refractivity contribution in [2.24, 2.45) is 5.73 Å². The predicted molar refractivity (Wildman–Crippen MR) is 57.1 cm³/mol. The summed E-state index contributed by atoms with van der Waals surface area (Å²) < 4.78 is 0. The molecule has 68 valence electrons. The molecule has 2 nitrogen and oxygen atoms in total. The van der Waals surface area contributed by atoms with Crippen molar-refractivity contribution in [3.63, 3.8) is 0 Å². The second-order valence-electron chi connectivity index (χ2n) is 3.05. The number of hydrogen-bond acceptors (Lipinski definition) is 4. The molecule has 13 heavy (non-hydrogen) atoms. The van der Waals surface area contributed by atoms with E-state index >= 15 is 0 Å². The van der Waals surface area contributed by atoms with E-state index < -0.39 is 5.54 Å². The molecule has 2 aromatic heterocycles. The highest BCUT2D eigenvalue weighted by atomic mass is 32.1. The molecule has 0 amide bonds. The van der Waals surface area contributed by atoms with Crippen LogP contribution in [0.5, 0.6) is 0 Å². The van der Waals surface area contributed by atoms with Crippen LogP contribution in [0.2, 0.25) is 0 Å². The molecule has 2 rings (SSSR count). The van der Waals surface area contributed by atoms with E-state index in [-0.39, 0.29) is 0 Å². The monoisotopic (exact) mass is 210 g/mol. The molecule has 0 aliphatic heterocycles. The van der Waals surface area contributed by atoms with Crippen LogP contribution in [0.3, 0.4) is 0 Å². The quantitative estimate of drug-likeness (QED) is 0.826. The first-order valence-corrected chi connectivity index (χ1v) is 5.75. The molecular formula is C9H10N2S2. The summed E-state index contributed by atoms with van der Waals surface area (Å²) >= 11 is 3.26. The van der Waals surface area contributed by atoms with E-state index in [1.807, 2.05) is 23.8 Å². The topological polar surface area (TPSA) is 38.9 Å². The number of nitrogens with two attached hydrogens (primary N) is 1. The van der Waals surface area contributed by atoms with Crippen LogP contribution in [0, 0.1) is 0 Å². The molecule has 2 heterocycles. The average molecular weight is 210 g/mol. The van der Waals surface area contributed by atoms with Gasteiger partial charge < -0.3 is 5.73 Å². The number of nitrogens with zero attached hydrogens (tertiary/aromatic N) is 1. The Labute approximate surface area is 85.1 Å². The van der Waals surface area contributed by atoms with Gasteiger partial charge in [0, 0.05) is 11.6 Å². The lowest BCUT2D eigenvalue weighted by molar-refractivity contribution is 0.600. The van der Waals surface area contributed by atoms with Crippen molar-refractivity contribution in [3.05, 3.63) is 39.0 Å². The van der Waals surface area contributed by atoms with Gasteiger partial charge in [-0.15, -0.1) is 11.3 Å². The van der Waals surface area contributed by atoms with E-state index in [2.05, 4.69) is 10.4 Å². The maximum Gasteiger partial charge on any atom is 0.117 e. The predicted octanol–water partition coefficient (Wildman–Crippen LogP) is 2.43. The van der Waals surface area contributed by atoms with Crippen molar-refractivity contribution < 1.29 is 0 Å². The van der Waals surface area contributed by atoms with Crippen LogP contribution in [0.1, 0.15) is 17.5 Å². The van der Waals surface area contributed by atoms with E-state index in [9.17, 15) is 0 Å². The van der Waals surface area contributed by atoms with Crippen molar-refractivity contribution in [1.82, 2.24) is 4.98 Å². The number of thiazole rings is 1. The van der Waals surface area contributed by atoms with Crippen molar-refractivity contribution in [2.45, 2.75) is 12.5 Å². The summed E-state index contributed by atoms with van der Waals surface area (Å²) in [6, 6.07) is 2.05.